The first-order chi connectivity index (χ1) is 17.0. The lowest BCUT2D eigenvalue weighted by molar-refractivity contribution is -0.120. The summed E-state index contributed by atoms with van der Waals surface area (Å²) < 4.78 is 13.2. The van der Waals surface area contributed by atoms with Gasteiger partial charge in [0.1, 0.15) is 5.82 Å². The lowest BCUT2D eigenvalue weighted by atomic mass is 10.1. The molecule has 0 spiro atoms. The fourth-order valence-electron chi connectivity index (χ4n) is 3.07. The third kappa shape index (κ3) is 6.32. The van der Waals surface area contributed by atoms with Gasteiger partial charge in [0.05, 0.1) is 13.1 Å². The zero-order valence-electron chi connectivity index (χ0n) is 18.3. The lowest BCUT2D eigenvalue weighted by Gasteiger charge is -2.09. The predicted octanol–water partition coefficient (Wildman–Crippen LogP) is 1.72. The average molecular weight is 473 g/mol. The van der Waals surface area contributed by atoms with E-state index in [1.807, 2.05) is 30.3 Å². The summed E-state index contributed by atoms with van der Waals surface area (Å²) in [5.74, 6) is -1.84. The van der Waals surface area contributed by atoms with E-state index in [0.29, 0.717) is 17.9 Å². The number of amides is 3. The zero-order chi connectivity index (χ0) is 24.6. The number of benzene rings is 3. The second-order valence-electron chi connectivity index (χ2n) is 7.40. The minimum Gasteiger partial charge on any atom is -0.343 e. The third-order valence-electron chi connectivity index (χ3n) is 4.84. The van der Waals surface area contributed by atoms with Gasteiger partial charge in [-0.25, -0.2) is 4.39 Å². The number of tetrazole rings is 1. The van der Waals surface area contributed by atoms with Crippen molar-refractivity contribution in [1.82, 2.24) is 36.4 Å². The molecule has 11 heteroatoms. The molecule has 4 rings (SSSR count). The highest BCUT2D eigenvalue weighted by Gasteiger charge is 2.11. The molecule has 0 saturated carbocycles. The number of carbonyl (C=O) groups excluding carboxylic acids is 3. The molecule has 3 amide bonds. The van der Waals surface area contributed by atoms with E-state index >= 15 is 0 Å². The summed E-state index contributed by atoms with van der Waals surface area (Å²) in [7, 11) is 0. The highest BCUT2D eigenvalue weighted by atomic mass is 19.1. The van der Waals surface area contributed by atoms with Crippen LogP contribution in [0.5, 0.6) is 0 Å². The number of nitrogens with zero attached hydrogens (tertiary/aromatic N) is 4. The Bertz CT molecular complexity index is 1340. The maximum atomic E-state index is 13.2. The molecule has 4 aromatic rings. The molecule has 3 N–H and O–H groups in total. The van der Waals surface area contributed by atoms with Crippen LogP contribution in [0.2, 0.25) is 0 Å². The lowest BCUT2D eigenvalue weighted by Crippen LogP contribution is -2.46. The maximum absolute atomic E-state index is 13.2. The summed E-state index contributed by atoms with van der Waals surface area (Å²) in [6.45, 7) is -0.0338. The number of rotatable bonds is 7. The third-order valence-corrected chi connectivity index (χ3v) is 4.84. The van der Waals surface area contributed by atoms with Crippen molar-refractivity contribution >= 4 is 17.7 Å². The van der Waals surface area contributed by atoms with Crippen LogP contribution >= 0.6 is 0 Å². The quantitative estimate of drug-likeness (QED) is 0.350. The van der Waals surface area contributed by atoms with Crippen LogP contribution in [0, 0.1) is 5.82 Å². The Labute approximate surface area is 199 Å². The Balaban J connectivity index is 1.24. The SMILES string of the molecule is O=C(CNC(=O)c1cccc(F)c1)NNC(=O)c1ccc(Cn2nnc(-c3ccccc3)n2)cc1. The first-order valence-electron chi connectivity index (χ1n) is 10.5. The van der Waals surface area contributed by atoms with Gasteiger partial charge in [-0.15, -0.1) is 10.2 Å². The van der Waals surface area contributed by atoms with E-state index in [9.17, 15) is 18.8 Å². The average Bonchev–Trinajstić information content (AvgIpc) is 3.35. The van der Waals surface area contributed by atoms with Crippen LogP contribution in [0.4, 0.5) is 4.39 Å². The molecule has 0 aliphatic rings. The van der Waals surface area contributed by atoms with Gasteiger partial charge >= 0.3 is 0 Å². The summed E-state index contributed by atoms with van der Waals surface area (Å²) >= 11 is 0. The number of hydrazine groups is 1. The molecular weight excluding hydrogens is 453 g/mol. The Morgan fingerprint density at radius 1 is 0.829 bits per heavy atom. The molecule has 0 unspecified atom stereocenters. The van der Waals surface area contributed by atoms with Crippen molar-refractivity contribution in [3.63, 3.8) is 0 Å². The molecule has 1 aromatic heterocycles. The molecular formula is C24H20FN7O3. The fraction of sp³-hybridized carbons (Fsp3) is 0.0833. The summed E-state index contributed by atoms with van der Waals surface area (Å²) in [6.07, 6.45) is 0. The number of aromatic nitrogens is 4. The number of nitrogens with one attached hydrogen (secondary N) is 3. The second kappa shape index (κ2) is 10.8. The van der Waals surface area contributed by atoms with E-state index in [0.717, 1.165) is 17.2 Å². The van der Waals surface area contributed by atoms with Crippen LogP contribution in [0.15, 0.2) is 78.9 Å². The van der Waals surface area contributed by atoms with Crippen molar-refractivity contribution in [2.45, 2.75) is 6.54 Å². The molecule has 0 atom stereocenters. The van der Waals surface area contributed by atoms with E-state index in [-0.39, 0.29) is 5.56 Å². The van der Waals surface area contributed by atoms with Crippen LogP contribution in [0.3, 0.4) is 0 Å². The number of carbonyl (C=O) groups is 3. The van der Waals surface area contributed by atoms with Gasteiger partial charge < -0.3 is 5.32 Å². The molecule has 0 fully saturated rings. The smallest absolute Gasteiger partial charge is 0.269 e. The molecule has 10 nitrogen and oxygen atoms in total. The molecule has 0 aliphatic carbocycles. The molecule has 1 heterocycles. The zero-order valence-corrected chi connectivity index (χ0v) is 18.3. The first kappa shape index (κ1) is 23.2. The van der Waals surface area contributed by atoms with E-state index in [2.05, 4.69) is 31.6 Å². The van der Waals surface area contributed by atoms with E-state index in [1.54, 1.807) is 24.3 Å². The number of hydrogen-bond acceptors (Lipinski definition) is 6. The van der Waals surface area contributed by atoms with Crippen LogP contribution in [-0.2, 0) is 11.3 Å². The van der Waals surface area contributed by atoms with Gasteiger partial charge in [0.2, 0.25) is 5.82 Å². The largest absolute Gasteiger partial charge is 0.343 e. The van der Waals surface area contributed by atoms with Crippen LogP contribution in [0.25, 0.3) is 11.4 Å². The minimum absolute atomic E-state index is 0.0827. The molecule has 0 radical (unpaired) electrons. The van der Waals surface area contributed by atoms with E-state index < -0.39 is 30.1 Å². The van der Waals surface area contributed by atoms with Crippen molar-refractivity contribution in [3.05, 3.63) is 101 Å². The monoisotopic (exact) mass is 473 g/mol. The highest BCUT2D eigenvalue weighted by Crippen LogP contribution is 2.12. The molecule has 0 bridgehead atoms. The number of halogens is 1. The molecule has 0 aliphatic heterocycles. The second-order valence-corrected chi connectivity index (χ2v) is 7.40. The number of hydrogen-bond donors (Lipinski definition) is 3. The molecule has 176 valence electrons. The Morgan fingerprint density at radius 2 is 1.60 bits per heavy atom. The molecule has 0 saturated heterocycles. The predicted molar refractivity (Wildman–Crippen MR) is 123 cm³/mol. The summed E-state index contributed by atoms with van der Waals surface area (Å²) in [4.78, 5) is 37.6. The Kier molecular flexibility index (Phi) is 7.16. The van der Waals surface area contributed by atoms with Crippen LogP contribution in [-0.4, -0.2) is 44.5 Å². The molecule has 35 heavy (non-hydrogen) atoms. The van der Waals surface area contributed by atoms with Gasteiger partial charge in [-0.05, 0) is 41.1 Å². The standard InChI is InChI=1S/C24H20FN7O3/c25-20-8-4-7-19(13-20)23(34)26-14-21(33)27-29-24(35)18-11-9-16(10-12-18)15-32-30-22(28-31-32)17-5-2-1-3-6-17/h1-13H,14-15H2,(H,26,34)(H,27,33)(H,29,35). The Hall–Kier alpha value is -4.93. The van der Waals surface area contributed by atoms with E-state index in [4.69, 9.17) is 0 Å². The normalized spacial score (nSPS) is 10.4. The Morgan fingerprint density at radius 3 is 2.34 bits per heavy atom. The van der Waals surface area contributed by atoms with Gasteiger partial charge in [-0.2, -0.15) is 4.80 Å². The summed E-state index contributed by atoms with van der Waals surface area (Å²) in [5.41, 5.74) is 6.59. The van der Waals surface area contributed by atoms with Crippen LogP contribution < -0.4 is 16.2 Å². The van der Waals surface area contributed by atoms with Gasteiger partial charge in [-0.3, -0.25) is 25.2 Å². The summed E-state index contributed by atoms with van der Waals surface area (Å²) in [5, 5.41) is 14.8. The van der Waals surface area contributed by atoms with Gasteiger partial charge in [0.15, 0.2) is 0 Å². The fourth-order valence-corrected chi connectivity index (χ4v) is 3.07. The van der Waals surface area contributed by atoms with Crippen molar-refractivity contribution < 1.29 is 18.8 Å². The summed E-state index contributed by atoms with van der Waals surface area (Å²) in [6, 6.07) is 21.2. The maximum Gasteiger partial charge on any atom is 0.269 e. The van der Waals surface area contributed by atoms with Crippen molar-refractivity contribution in [3.8, 4) is 11.4 Å². The first-order valence-corrected chi connectivity index (χ1v) is 10.5. The van der Waals surface area contributed by atoms with Crippen molar-refractivity contribution in [2.75, 3.05) is 6.54 Å². The van der Waals surface area contributed by atoms with Crippen molar-refractivity contribution in [1.29, 1.82) is 0 Å². The van der Waals surface area contributed by atoms with Gasteiger partial charge in [0, 0.05) is 16.7 Å². The van der Waals surface area contributed by atoms with Gasteiger partial charge in [0.25, 0.3) is 17.7 Å². The minimum atomic E-state index is -0.647. The van der Waals surface area contributed by atoms with Crippen molar-refractivity contribution in [2.24, 2.45) is 0 Å². The highest BCUT2D eigenvalue weighted by molar-refractivity contribution is 5.98. The van der Waals surface area contributed by atoms with Crippen LogP contribution in [0.1, 0.15) is 26.3 Å². The van der Waals surface area contributed by atoms with Gasteiger partial charge in [-0.1, -0.05) is 48.5 Å². The van der Waals surface area contributed by atoms with E-state index in [1.165, 1.54) is 23.0 Å². The topological polar surface area (TPSA) is 131 Å². The molecule has 3 aromatic carbocycles.